The van der Waals surface area contributed by atoms with Crippen LogP contribution in [-0.4, -0.2) is 29.6 Å². The first-order chi connectivity index (χ1) is 11.4. The molecule has 6 nitrogen and oxygen atoms in total. The smallest absolute Gasteiger partial charge is 0.308 e. The average Bonchev–Trinajstić information content (AvgIpc) is 3.01. The summed E-state index contributed by atoms with van der Waals surface area (Å²) in [6.45, 7) is 4.02. The molecule has 0 spiro atoms. The second kappa shape index (κ2) is 8.21. The molecule has 0 aliphatic carbocycles. The van der Waals surface area contributed by atoms with Gasteiger partial charge < -0.3 is 10.4 Å². The molecule has 1 heterocycles. The number of carboxylic acid groups (broad SMARTS) is 1. The highest BCUT2D eigenvalue weighted by atomic mass is 19.1. The summed E-state index contributed by atoms with van der Waals surface area (Å²) in [5, 5.41) is 11.9. The summed E-state index contributed by atoms with van der Waals surface area (Å²) in [6.07, 6.45) is 1.03. The number of hydrazine groups is 1. The third kappa shape index (κ3) is 5.01. The van der Waals surface area contributed by atoms with E-state index >= 15 is 0 Å². The molecule has 3 unspecified atom stereocenters. The van der Waals surface area contributed by atoms with Crippen LogP contribution in [0.15, 0.2) is 24.3 Å². The molecule has 1 saturated heterocycles. The number of hydrogen-bond acceptors (Lipinski definition) is 4. The summed E-state index contributed by atoms with van der Waals surface area (Å²) in [7, 11) is 0. The Labute approximate surface area is 140 Å². The highest BCUT2D eigenvalue weighted by molar-refractivity contribution is 5.82. The Kier molecular flexibility index (Phi) is 6.28. The van der Waals surface area contributed by atoms with Gasteiger partial charge in [-0.1, -0.05) is 26.0 Å². The van der Waals surface area contributed by atoms with Gasteiger partial charge in [0.15, 0.2) is 0 Å². The SMILES string of the molecule is CC(C)CC(CNC(=O)C1CC(c2ccc(F)cc2)NN1)C(=O)O. The lowest BCUT2D eigenvalue weighted by molar-refractivity contribution is -0.142. The van der Waals surface area contributed by atoms with E-state index in [-0.39, 0.29) is 30.2 Å². The number of carbonyl (C=O) groups is 2. The maximum Gasteiger partial charge on any atom is 0.308 e. The van der Waals surface area contributed by atoms with E-state index in [2.05, 4.69) is 16.2 Å². The van der Waals surface area contributed by atoms with Crippen molar-refractivity contribution in [3.05, 3.63) is 35.6 Å². The molecule has 1 aliphatic rings. The molecule has 24 heavy (non-hydrogen) atoms. The topological polar surface area (TPSA) is 90.5 Å². The first kappa shape index (κ1) is 18.4. The van der Waals surface area contributed by atoms with Gasteiger partial charge in [0.1, 0.15) is 11.9 Å². The van der Waals surface area contributed by atoms with Crippen LogP contribution in [-0.2, 0) is 9.59 Å². The number of hydrogen-bond donors (Lipinski definition) is 4. The number of rotatable bonds is 7. The number of benzene rings is 1. The summed E-state index contributed by atoms with van der Waals surface area (Å²) in [6, 6.07) is 5.58. The van der Waals surface area contributed by atoms with Crippen LogP contribution in [0.25, 0.3) is 0 Å². The summed E-state index contributed by atoms with van der Waals surface area (Å²) in [4.78, 5) is 23.4. The molecule has 1 aliphatic heterocycles. The Morgan fingerprint density at radius 2 is 1.96 bits per heavy atom. The highest BCUT2D eigenvalue weighted by Crippen LogP contribution is 2.22. The minimum Gasteiger partial charge on any atom is -0.481 e. The third-order valence-corrected chi connectivity index (χ3v) is 4.12. The van der Waals surface area contributed by atoms with Crippen molar-refractivity contribution in [2.75, 3.05) is 6.54 Å². The Morgan fingerprint density at radius 3 is 2.54 bits per heavy atom. The average molecular weight is 337 g/mol. The zero-order valence-electron chi connectivity index (χ0n) is 13.9. The van der Waals surface area contributed by atoms with E-state index in [9.17, 15) is 19.1 Å². The predicted octanol–water partition coefficient (Wildman–Crippen LogP) is 1.60. The second-order valence-electron chi connectivity index (χ2n) is 6.59. The van der Waals surface area contributed by atoms with Crippen LogP contribution in [0.3, 0.4) is 0 Å². The number of nitrogens with one attached hydrogen (secondary N) is 3. The second-order valence-corrected chi connectivity index (χ2v) is 6.59. The number of amides is 1. The van der Waals surface area contributed by atoms with E-state index < -0.39 is 17.9 Å². The summed E-state index contributed by atoms with van der Waals surface area (Å²) >= 11 is 0. The van der Waals surface area contributed by atoms with Crippen LogP contribution in [0.4, 0.5) is 4.39 Å². The van der Waals surface area contributed by atoms with Crippen molar-refractivity contribution in [3.8, 4) is 0 Å². The fraction of sp³-hybridized carbons (Fsp3) is 0.529. The van der Waals surface area contributed by atoms with Crippen molar-refractivity contribution in [1.29, 1.82) is 0 Å². The van der Waals surface area contributed by atoms with Gasteiger partial charge in [-0.3, -0.25) is 9.59 Å². The van der Waals surface area contributed by atoms with Crippen LogP contribution in [0.5, 0.6) is 0 Å². The van der Waals surface area contributed by atoms with Gasteiger partial charge >= 0.3 is 5.97 Å². The molecule has 1 aromatic rings. The molecule has 1 amide bonds. The van der Waals surface area contributed by atoms with E-state index in [0.29, 0.717) is 12.8 Å². The lowest BCUT2D eigenvalue weighted by atomic mass is 9.97. The van der Waals surface area contributed by atoms with Crippen LogP contribution < -0.4 is 16.2 Å². The molecular weight excluding hydrogens is 313 g/mol. The Balaban J connectivity index is 1.85. The Bertz CT molecular complexity index is 577. The number of carbonyl (C=O) groups excluding carboxylic acids is 1. The van der Waals surface area contributed by atoms with Crippen molar-refractivity contribution in [3.63, 3.8) is 0 Å². The molecule has 4 N–H and O–H groups in total. The molecule has 1 fully saturated rings. The molecule has 2 rings (SSSR count). The van der Waals surface area contributed by atoms with E-state index in [0.717, 1.165) is 5.56 Å². The Hall–Kier alpha value is -1.99. The van der Waals surface area contributed by atoms with Gasteiger partial charge in [-0.15, -0.1) is 0 Å². The van der Waals surface area contributed by atoms with Gasteiger partial charge in [0.05, 0.1) is 5.92 Å². The van der Waals surface area contributed by atoms with E-state index in [4.69, 9.17) is 0 Å². The first-order valence-corrected chi connectivity index (χ1v) is 8.14. The first-order valence-electron chi connectivity index (χ1n) is 8.14. The van der Waals surface area contributed by atoms with Gasteiger partial charge in [0.25, 0.3) is 0 Å². The Morgan fingerprint density at radius 1 is 1.29 bits per heavy atom. The standard InChI is InChI=1S/C17H24FN3O3/c1-10(2)7-12(17(23)24)9-19-16(22)15-8-14(20-21-15)11-3-5-13(18)6-4-11/h3-6,10,12,14-15,20-21H,7-9H2,1-2H3,(H,19,22)(H,23,24). The van der Waals surface area contributed by atoms with E-state index in [1.807, 2.05) is 13.8 Å². The maximum atomic E-state index is 13.0. The van der Waals surface area contributed by atoms with Crippen molar-refractivity contribution in [1.82, 2.24) is 16.2 Å². The van der Waals surface area contributed by atoms with Gasteiger partial charge in [-0.25, -0.2) is 15.2 Å². The molecule has 0 aromatic heterocycles. The van der Waals surface area contributed by atoms with E-state index in [1.165, 1.54) is 12.1 Å². The molecular formula is C17H24FN3O3. The number of halogens is 1. The zero-order valence-corrected chi connectivity index (χ0v) is 13.9. The fourth-order valence-corrected chi connectivity index (χ4v) is 2.83. The van der Waals surface area contributed by atoms with E-state index in [1.54, 1.807) is 12.1 Å². The molecule has 3 atom stereocenters. The molecule has 1 aromatic carbocycles. The minimum atomic E-state index is -0.898. The minimum absolute atomic E-state index is 0.0905. The van der Waals surface area contributed by atoms with Gasteiger partial charge in [-0.2, -0.15) is 0 Å². The van der Waals surface area contributed by atoms with Crippen LogP contribution in [0.2, 0.25) is 0 Å². The highest BCUT2D eigenvalue weighted by Gasteiger charge is 2.30. The quantitative estimate of drug-likeness (QED) is 0.607. The predicted molar refractivity (Wildman–Crippen MR) is 87.4 cm³/mol. The fourth-order valence-electron chi connectivity index (χ4n) is 2.83. The number of aliphatic carboxylic acids is 1. The lowest BCUT2D eigenvalue weighted by Crippen LogP contribution is -2.45. The largest absolute Gasteiger partial charge is 0.481 e. The van der Waals surface area contributed by atoms with Crippen LogP contribution in [0, 0.1) is 17.7 Å². The molecule has 0 bridgehead atoms. The van der Waals surface area contributed by atoms with Crippen molar-refractivity contribution < 1.29 is 19.1 Å². The van der Waals surface area contributed by atoms with Gasteiger partial charge in [-0.05, 0) is 36.5 Å². The monoisotopic (exact) mass is 337 g/mol. The summed E-state index contributed by atoms with van der Waals surface area (Å²) in [5.41, 5.74) is 6.82. The normalized spacial score (nSPS) is 21.7. The number of carboxylic acids is 1. The van der Waals surface area contributed by atoms with Crippen LogP contribution in [0.1, 0.15) is 38.3 Å². The summed E-state index contributed by atoms with van der Waals surface area (Å²) in [5.74, 6) is -1.77. The van der Waals surface area contributed by atoms with Crippen molar-refractivity contribution in [2.24, 2.45) is 11.8 Å². The molecule has 7 heteroatoms. The lowest BCUT2D eigenvalue weighted by Gasteiger charge is -2.17. The zero-order chi connectivity index (χ0) is 17.7. The van der Waals surface area contributed by atoms with Crippen molar-refractivity contribution >= 4 is 11.9 Å². The third-order valence-electron chi connectivity index (χ3n) is 4.12. The van der Waals surface area contributed by atoms with Gasteiger partial charge in [0.2, 0.25) is 5.91 Å². The molecule has 0 saturated carbocycles. The molecule has 132 valence electrons. The maximum absolute atomic E-state index is 13.0. The van der Waals surface area contributed by atoms with Crippen molar-refractivity contribution in [2.45, 2.75) is 38.8 Å². The summed E-state index contributed by atoms with van der Waals surface area (Å²) < 4.78 is 13.0. The van der Waals surface area contributed by atoms with Crippen LogP contribution >= 0.6 is 0 Å². The van der Waals surface area contributed by atoms with Gasteiger partial charge in [0, 0.05) is 12.6 Å². The molecule has 0 radical (unpaired) electrons.